The summed E-state index contributed by atoms with van der Waals surface area (Å²) < 4.78 is 5.36. The minimum absolute atomic E-state index is 0.108. The summed E-state index contributed by atoms with van der Waals surface area (Å²) >= 11 is 5.55. The number of morpholine rings is 1. The van der Waals surface area contributed by atoms with Crippen LogP contribution in [0.4, 0.5) is 5.69 Å². The zero-order chi connectivity index (χ0) is 16.8. The number of hydrogen-bond acceptors (Lipinski definition) is 3. The molecule has 1 aliphatic rings. The van der Waals surface area contributed by atoms with Gasteiger partial charge in [-0.15, -0.1) is 0 Å². The lowest BCUT2D eigenvalue weighted by atomic mass is 10.1. The van der Waals surface area contributed by atoms with Crippen molar-refractivity contribution in [1.29, 1.82) is 0 Å². The number of thiocarbonyl (C=S) groups is 1. The van der Waals surface area contributed by atoms with Gasteiger partial charge in [-0.05, 0) is 29.8 Å². The Kier molecular flexibility index (Phi) is 5.56. The molecule has 0 bridgehead atoms. The van der Waals surface area contributed by atoms with Crippen LogP contribution in [0.15, 0.2) is 54.6 Å². The lowest BCUT2D eigenvalue weighted by molar-refractivity contribution is 0.0684. The molecule has 5 heteroatoms. The number of carbonyl (C=O) groups is 1. The highest BCUT2D eigenvalue weighted by atomic mass is 32.1. The third kappa shape index (κ3) is 4.40. The molecule has 1 fully saturated rings. The maximum atomic E-state index is 12.2. The number of nitrogens with zero attached hydrogens (tertiary/aromatic N) is 1. The third-order valence-electron chi connectivity index (χ3n) is 3.94. The molecule has 4 nitrogen and oxygen atoms in total. The van der Waals surface area contributed by atoms with Gasteiger partial charge in [0, 0.05) is 30.8 Å². The minimum atomic E-state index is -0.108. The quantitative estimate of drug-likeness (QED) is 0.868. The van der Waals surface area contributed by atoms with Gasteiger partial charge >= 0.3 is 0 Å². The second kappa shape index (κ2) is 8.04. The second-order valence-electron chi connectivity index (χ2n) is 5.69. The van der Waals surface area contributed by atoms with Gasteiger partial charge in [-0.2, -0.15) is 0 Å². The molecule has 1 heterocycles. The Bertz CT molecular complexity index is 712. The molecule has 0 aliphatic carbocycles. The van der Waals surface area contributed by atoms with E-state index >= 15 is 0 Å². The predicted octanol–water partition coefficient (Wildman–Crippen LogP) is 3.14. The van der Waals surface area contributed by atoms with E-state index in [1.807, 2.05) is 42.5 Å². The predicted molar refractivity (Wildman–Crippen MR) is 99.5 cm³/mol. The summed E-state index contributed by atoms with van der Waals surface area (Å²) in [7, 11) is 0. The van der Waals surface area contributed by atoms with Crippen molar-refractivity contribution >= 4 is 28.8 Å². The van der Waals surface area contributed by atoms with E-state index in [1.54, 1.807) is 12.1 Å². The summed E-state index contributed by atoms with van der Waals surface area (Å²) in [5, 5.41) is 2.94. The van der Waals surface area contributed by atoms with Crippen molar-refractivity contribution in [2.24, 2.45) is 0 Å². The van der Waals surface area contributed by atoms with Crippen molar-refractivity contribution in [3.05, 3.63) is 65.7 Å². The number of rotatable bonds is 4. The first-order chi connectivity index (χ1) is 11.7. The van der Waals surface area contributed by atoms with E-state index < -0.39 is 0 Å². The number of nitrogens with one attached hydrogen (secondary N) is 1. The maximum absolute atomic E-state index is 12.2. The van der Waals surface area contributed by atoms with Crippen LogP contribution in [-0.2, 0) is 11.2 Å². The summed E-state index contributed by atoms with van der Waals surface area (Å²) in [5.74, 6) is -0.108. The van der Waals surface area contributed by atoms with Crippen LogP contribution in [0, 0.1) is 0 Å². The first kappa shape index (κ1) is 16.6. The van der Waals surface area contributed by atoms with Crippen molar-refractivity contribution in [3.63, 3.8) is 0 Å². The fourth-order valence-electron chi connectivity index (χ4n) is 2.65. The van der Waals surface area contributed by atoms with Crippen LogP contribution in [0.5, 0.6) is 0 Å². The van der Waals surface area contributed by atoms with E-state index in [9.17, 15) is 4.79 Å². The first-order valence-electron chi connectivity index (χ1n) is 8.03. The van der Waals surface area contributed by atoms with Crippen LogP contribution >= 0.6 is 12.2 Å². The van der Waals surface area contributed by atoms with Gasteiger partial charge in [-0.3, -0.25) is 4.79 Å². The van der Waals surface area contributed by atoms with Crippen LogP contribution in [0.25, 0.3) is 0 Å². The maximum Gasteiger partial charge on any atom is 0.255 e. The number of carbonyl (C=O) groups excluding carboxylic acids is 1. The monoisotopic (exact) mass is 340 g/mol. The number of ether oxygens (including phenoxy) is 1. The second-order valence-corrected chi connectivity index (χ2v) is 6.16. The van der Waals surface area contributed by atoms with Gasteiger partial charge in [0.2, 0.25) is 0 Å². The average Bonchev–Trinajstić information content (AvgIpc) is 2.63. The largest absolute Gasteiger partial charge is 0.378 e. The molecular weight excluding hydrogens is 320 g/mol. The summed E-state index contributed by atoms with van der Waals surface area (Å²) in [6.45, 7) is 3.16. The number of anilines is 1. The van der Waals surface area contributed by atoms with Crippen LogP contribution in [0.2, 0.25) is 0 Å². The molecule has 0 atom stereocenters. The molecule has 0 spiro atoms. The van der Waals surface area contributed by atoms with Gasteiger partial charge in [-0.25, -0.2) is 0 Å². The van der Waals surface area contributed by atoms with Crippen LogP contribution in [0.3, 0.4) is 0 Å². The topological polar surface area (TPSA) is 41.6 Å². The summed E-state index contributed by atoms with van der Waals surface area (Å²) in [5.41, 5.74) is 2.52. The van der Waals surface area contributed by atoms with Crippen LogP contribution in [0.1, 0.15) is 15.9 Å². The molecule has 2 aromatic carbocycles. The molecule has 0 radical (unpaired) electrons. The zero-order valence-electron chi connectivity index (χ0n) is 13.4. The fourth-order valence-corrected chi connectivity index (χ4v) is 3.00. The summed E-state index contributed by atoms with van der Waals surface area (Å²) in [4.78, 5) is 15.3. The van der Waals surface area contributed by atoms with Gasteiger partial charge in [-0.1, -0.05) is 42.5 Å². The zero-order valence-corrected chi connectivity index (χ0v) is 14.2. The number of amides is 1. The van der Waals surface area contributed by atoms with E-state index in [4.69, 9.17) is 17.0 Å². The standard InChI is InChI=1S/C19H20N2O2S/c22-19(16-6-2-1-3-7-16)20-17-8-4-5-15(13-17)14-18(24)21-9-11-23-12-10-21/h1-8,13H,9-12,14H2,(H,20,22). The average molecular weight is 340 g/mol. The van der Waals surface area contributed by atoms with Gasteiger partial charge in [0.1, 0.15) is 0 Å². The van der Waals surface area contributed by atoms with Crippen molar-refractivity contribution in [2.45, 2.75) is 6.42 Å². The van der Waals surface area contributed by atoms with Crippen molar-refractivity contribution in [2.75, 3.05) is 31.6 Å². The summed E-state index contributed by atoms with van der Waals surface area (Å²) in [6, 6.07) is 17.0. The Morgan fingerprint density at radius 1 is 1.08 bits per heavy atom. The summed E-state index contributed by atoms with van der Waals surface area (Å²) in [6.07, 6.45) is 0.699. The molecule has 1 aliphatic heterocycles. The number of benzene rings is 2. The van der Waals surface area contributed by atoms with E-state index in [0.717, 1.165) is 42.5 Å². The third-order valence-corrected chi connectivity index (χ3v) is 4.34. The van der Waals surface area contributed by atoms with Crippen molar-refractivity contribution in [3.8, 4) is 0 Å². The molecule has 0 unspecified atom stereocenters. The first-order valence-corrected chi connectivity index (χ1v) is 8.44. The molecular formula is C19H20N2O2S. The normalized spacial score (nSPS) is 14.2. The van der Waals surface area contributed by atoms with Gasteiger partial charge in [0.05, 0.1) is 18.2 Å². The molecule has 0 saturated carbocycles. The molecule has 2 aromatic rings. The molecule has 1 N–H and O–H groups in total. The molecule has 24 heavy (non-hydrogen) atoms. The molecule has 0 aromatic heterocycles. The Labute approximate surface area is 147 Å². The highest BCUT2D eigenvalue weighted by molar-refractivity contribution is 7.80. The van der Waals surface area contributed by atoms with E-state index in [2.05, 4.69) is 10.2 Å². The molecule has 1 amide bonds. The lowest BCUT2D eigenvalue weighted by Gasteiger charge is -2.29. The molecule has 124 valence electrons. The highest BCUT2D eigenvalue weighted by Gasteiger charge is 2.14. The van der Waals surface area contributed by atoms with E-state index in [1.165, 1.54) is 0 Å². The van der Waals surface area contributed by atoms with E-state index in [0.29, 0.717) is 12.0 Å². The van der Waals surface area contributed by atoms with Gasteiger partial charge in [0.15, 0.2) is 0 Å². The van der Waals surface area contributed by atoms with Gasteiger partial charge in [0.25, 0.3) is 5.91 Å². The Morgan fingerprint density at radius 3 is 2.58 bits per heavy atom. The van der Waals surface area contributed by atoms with Crippen molar-refractivity contribution in [1.82, 2.24) is 4.90 Å². The fraction of sp³-hybridized carbons (Fsp3) is 0.263. The smallest absolute Gasteiger partial charge is 0.255 e. The van der Waals surface area contributed by atoms with Crippen molar-refractivity contribution < 1.29 is 9.53 Å². The lowest BCUT2D eigenvalue weighted by Crippen LogP contribution is -2.40. The number of hydrogen-bond donors (Lipinski definition) is 1. The van der Waals surface area contributed by atoms with Crippen LogP contribution < -0.4 is 5.32 Å². The molecule has 1 saturated heterocycles. The van der Waals surface area contributed by atoms with Crippen LogP contribution in [-0.4, -0.2) is 42.1 Å². The SMILES string of the molecule is O=C(Nc1cccc(CC(=S)N2CCOCC2)c1)c1ccccc1. The Morgan fingerprint density at radius 2 is 1.83 bits per heavy atom. The van der Waals surface area contributed by atoms with E-state index in [-0.39, 0.29) is 5.91 Å². The Balaban J connectivity index is 1.63. The minimum Gasteiger partial charge on any atom is -0.378 e. The highest BCUT2D eigenvalue weighted by Crippen LogP contribution is 2.14. The van der Waals surface area contributed by atoms with Gasteiger partial charge < -0.3 is 15.0 Å². The Hall–Kier alpha value is -2.24. The molecule has 3 rings (SSSR count).